The Balaban J connectivity index is 1.85. The molecule has 29 heavy (non-hydrogen) atoms. The molecule has 154 valence electrons. The van der Waals surface area contributed by atoms with Crippen molar-refractivity contribution >= 4 is 33.8 Å². The van der Waals surface area contributed by atoms with Gasteiger partial charge in [-0.05, 0) is 43.4 Å². The average molecular weight is 398 g/mol. The number of aliphatic carboxylic acids is 1. The Morgan fingerprint density at radius 3 is 2.55 bits per heavy atom. The number of nitrogens with one attached hydrogen (secondary N) is 1. The minimum Gasteiger partial charge on any atom is -0.548 e. The highest BCUT2D eigenvalue weighted by atomic mass is 16.4. The van der Waals surface area contributed by atoms with Crippen molar-refractivity contribution in [2.45, 2.75) is 53.0 Å². The van der Waals surface area contributed by atoms with Gasteiger partial charge in [0.25, 0.3) is 0 Å². The highest BCUT2D eigenvalue weighted by Crippen LogP contribution is 2.29. The molecular formula is C22H24NO6-. The third-order valence-electron chi connectivity index (χ3n) is 5.56. The van der Waals surface area contributed by atoms with Gasteiger partial charge in [0, 0.05) is 28.8 Å². The van der Waals surface area contributed by atoms with Gasteiger partial charge in [-0.15, -0.1) is 0 Å². The van der Waals surface area contributed by atoms with Gasteiger partial charge in [0.15, 0.2) is 0 Å². The lowest BCUT2D eigenvalue weighted by molar-refractivity contribution is -0.309. The number of carbonyl (C=O) groups is 2. The largest absolute Gasteiger partial charge is 0.548 e. The van der Waals surface area contributed by atoms with E-state index in [2.05, 4.69) is 5.32 Å². The number of rotatable bonds is 7. The van der Waals surface area contributed by atoms with Crippen molar-refractivity contribution in [1.82, 2.24) is 5.32 Å². The van der Waals surface area contributed by atoms with Crippen LogP contribution in [0.25, 0.3) is 21.9 Å². The molecular weight excluding hydrogens is 374 g/mol. The number of hydrogen-bond acceptors (Lipinski definition) is 6. The summed E-state index contributed by atoms with van der Waals surface area (Å²) in [5.41, 5.74) is 2.68. The van der Waals surface area contributed by atoms with Crippen molar-refractivity contribution in [2.75, 3.05) is 0 Å². The van der Waals surface area contributed by atoms with E-state index in [4.69, 9.17) is 8.83 Å². The Hall–Kier alpha value is -3.09. The normalized spacial score (nSPS) is 13.5. The molecule has 7 nitrogen and oxygen atoms in total. The maximum absolute atomic E-state index is 12.5. The van der Waals surface area contributed by atoms with E-state index in [-0.39, 0.29) is 18.8 Å². The number of benzene rings is 1. The zero-order valence-corrected chi connectivity index (χ0v) is 17.0. The Bertz CT molecular complexity index is 1140. The summed E-state index contributed by atoms with van der Waals surface area (Å²) in [5, 5.41) is 15.5. The van der Waals surface area contributed by atoms with Crippen molar-refractivity contribution in [3.63, 3.8) is 0 Å². The molecule has 2 atom stereocenters. The van der Waals surface area contributed by atoms with Crippen molar-refractivity contribution in [3.05, 3.63) is 45.5 Å². The maximum Gasteiger partial charge on any atom is 0.339 e. The minimum absolute atomic E-state index is 0.0235. The van der Waals surface area contributed by atoms with Gasteiger partial charge in [-0.2, -0.15) is 0 Å². The molecule has 0 bridgehead atoms. The number of carbonyl (C=O) groups excluding carboxylic acids is 2. The molecule has 0 aliphatic rings. The van der Waals surface area contributed by atoms with Gasteiger partial charge in [-0.25, -0.2) is 4.79 Å². The molecule has 3 rings (SSSR count). The van der Waals surface area contributed by atoms with Crippen LogP contribution in [-0.2, 0) is 16.0 Å². The second-order valence-corrected chi connectivity index (χ2v) is 7.51. The Labute approximate surface area is 167 Å². The van der Waals surface area contributed by atoms with Crippen LogP contribution in [0.3, 0.4) is 0 Å². The highest BCUT2D eigenvalue weighted by molar-refractivity contribution is 5.96. The molecule has 0 saturated heterocycles. The smallest absolute Gasteiger partial charge is 0.339 e. The summed E-state index contributed by atoms with van der Waals surface area (Å²) in [6.45, 7) is 7.33. The number of aryl methyl sites for hydroxylation is 2. The van der Waals surface area contributed by atoms with Gasteiger partial charge < -0.3 is 24.1 Å². The molecule has 7 heteroatoms. The van der Waals surface area contributed by atoms with Crippen LogP contribution < -0.4 is 16.0 Å². The van der Waals surface area contributed by atoms with Crippen molar-refractivity contribution in [1.29, 1.82) is 0 Å². The molecule has 1 amide bonds. The standard InChI is InChI=1S/C22H25NO6/c1-5-11(2)20(21(25)26)23-19(24)7-6-14-13(4)16-8-15-12(3)10-28-17(15)9-18(16)29-22(14)27/h8-11,20H,5-7H2,1-4H3,(H,23,24)(H,25,26)/p-1/t11-,20+/m1/s1. The van der Waals surface area contributed by atoms with E-state index < -0.39 is 23.5 Å². The maximum atomic E-state index is 12.5. The van der Waals surface area contributed by atoms with Gasteiger partial charge in [0.2, 0.25) is 5.91 Å². The van der Waals surface area contributed by atoms with E-state index in [0.717, 1.165) is 21.9 Å². The molecule has 0 fully saturated rings. The predicted molar refractivity (Wildman–Crippen MR) is 106 cm³/mol. The quantitative estimate of drug-likeness (QED) is 0.612. The monoisotopic (exact) mass is 398 g/mol. The van der Waals surface area contributed by atoms with Crippen LogP contribution in [0.1, 0.15) is 43.4 Å². The molecule has 1 aromatic carbocycles. The molecule has 0 unspecified atom stereocenters. The van der Waals surface area contributed by atoms with Gasteiger partial charge in [0.05, 0.1) is 18.3 Å². The van der Waals surface area contributed by atoms with Gasteiger partial charge >= 0.3 is 5.63 Å². The summed E-state index contributed by atoms with van der Waals surface area (Å²) in [6.07, 6.45) is 2.37. The lowest BCUT2D eigenvalue weighted by atomic mass is 9.98. The summed E-state index contributed by atoms with van der Waals surface area (Å²) < 4.78 is 10.9. The lowest BCUT2D eigenvalue weighted by Crippen LogP contribution is -2.51. The number of furan rings is 1. The van der Waals surface area contributed by atoms with Gasteiger partial charge in [-0.3, -0.25) is 4.79 Å². The third-order valence-corrected chi connectivity index (χ3v) is 5.56. The summed E-state index contributed by atoms with van der Waals surface area (Å²) in [4.78, 5) is 36.0. The summed E-state index contributed by atoms with van der Waals surface area (Å²) in [7, 11) is 0. The van der Waals surface area contributed by atoms with Crippen LogP contribution in [0.2, 0.25) is 0 Å². The summed E-state index contributed by atoms with van der Waals surface area (Å²) in [6, 6.07) is 2.55. The fraction of sp³-hybridized carbons (Fsp3) is 0.409. The second kappa shape index (κ2) is 8.11. The molecule has 2 heterocycles. The first-order valence-electron chi connectivity index (χ1n) is 9.67. The van der Waals surface area contributed by atoms with Crippen LogP contribution in [0.5, 0.6) is 0 Å². The van der Waals surface area contributed by atoms with E-state index in [1.54, 1.807) is 19.3 Å². The van der Waals surface area contributed by atoms with Crippen LogP contribution in [-0.4, -0.2) is 17.9 Å². The van der Waals surface area contributed by atoms with Crippen molar-refractivity contribution < 1.29 is 23.5 Å². The van der Waals surface area contributed by atoms with Crippen LogP contribution in [0.4, 0.5) is 0 Å². The molecule has 0 aliphatic heterocycles. The third kappa shape index (κ3) is 4.04. The topological polar surface area (TPSA) is 113 Å². The van der Waals surface area contributed by atoms with E-state index >= 15 is 0 Å². The zero-order chi connectivity index (χ0) is 21.3. The number of carboxylic acid groups (broad SMARTS) is 1. The minimum atomic E-state index is -1.31. The summed E-state index contributed by atoms with van der Waals surface area (Å²) >= 11 is 0. The molecule has 1 N–H and O–H groups in total. The molecule has 0 radical (unpaired) electrons. The first-order chi connectivity index (χ1) is 13.7. The predicted octanol–water partition coefficient (Wildman–Crippen LogP) is 2.37. The van der Waals surface area contributed by atoms with E-state index in [1.807, 2.05) is 26.8 Å². The molecule has 2 aromatic heterocycles. The van der Waals surface area contributed by atoms with E-state index in [9.17, 15) is 19.5 Å². The fourth-order valence-electron chi connectivity index (χ4n) is 3.48. The van der Waals surface area contributed by atoms with Crippen molar-refractivity contribution in [3.8, 4) is 0 Å². The second-order valence-electron chi connectivity index (χ2n) is 7.51. The van der Waals surface area contributed by atoms with Crippen LogP contribution in [0, 0.1) is 19.8 Å². The first kappa shape index (κ1) is 20.6. The molecule has 0 saturated carbocycles. The summed E-state index contributed by atoms with van der Waals surface area (Å²) in [5.74, 6) is -2.01. The molecule has 0 spiro atoms. The zero-order valence-electron chi connectivity index (χ0n) is 17.0. The van der Waals surface area contributed by atoms with Crippen molar-refractivity contribution in [2.24, 2.45) is 5.92 Å². The molecule has 0 aliphatic carbocycles. The Morgan fingerprint density at radius 1 is 1.17 bits per heavy atom. The highest BCUT2D eigenvalue weighted by Gasteiger charge is 2.20. The SMILES string of the molecule is CC[C@@H](C)[C@H](NC(=O)CCc1c(C)c2cc3c(C)coc3cc2oc1=O)C(=O)[O-]. The number of fused-ring (bicyclic) bond motifs is 2. The van der Waals surface area contributed by atoms with Crippen LogP contribution in [0.15, 0.2) is 32.0 Å². The van der Waals surface area contributed by atoms with E-state index in [0.29, 0.717) is 23.2 Å². The first-order valence-corrected chi connectivity index (χ1v) is 9.67. The fourth-order valence-corrected chi connectivity index (χ4v) is 3.48. The van der Waals surface area contributed by atoms with E-state index in [1.165, 1.54) is 0 Å². The Kier molecular flexibility index (Phi) is 5.77. The molecule has 3 aromatic rings. The number of amides is 1. The Morgan fingerprint density at radius 2 is 1.90 bits per heavy atom. The number of hydrogen-bond donors (Lipinski definition) is 1. The number of carboxylic acids is 1. The van der Waals surface area contributed by atoms with Gasteiger partial charge in [0.1, 0.15) is 11.2 Å². The average Bonchev–Trinajstić information content (AvgIpc) is 3.03. The van der Waals surface area contributed by atoms with Crippen LogP contribution >= 0.6 is 0 Å². The van der Waals surface area contributed by atoms with Gasteiger partial charge in [-0.1, -0.05) is 20.3 Å². The lowest BCUT2D eigenvalue weighted by Gasteiger charge is -2.25.